The number of hydrogen-bond donors (Lipinski definition) is 1. The van der Waals surface area contributed by atoms with Gasteiger partial charge in [0.2, 0.25) is 0 Å². The molecule has 0 bridgehead atoms. The second-order valence-corrected chi connectivity index (χ2v) is 6.92. The average Bonchev–Trinajstić information content (AvgIpc) is 2.56. The van der Waals surface area contributed by atoms with E-state index >= 15 is 0 Å². The largest absolute Gasteiger partial charge is 0.349 e. The SMILES string of the molecule is CCc1nc2ccc(F)cc2c(C(=O)N[C@@H]2CCCC[C@H]2C)c1C. The summed E-state index contributed by atoms with van der Waals surface area (Å²) in [6, 6.07) is 4.68. The van der Waals surface area contributed by atoms with Crippen LogP contribution in [-0.4, -0.2) is 16.9 Å². The molecular formula is C20H25FN2O. The minimum absolute atomic E-state index is 0.0982. The summed E-state index contributed by atoms with van der Waals surface area (Å²) in [6.07, 6.45) is 5.30. The van der Waals surface area contributed by atoms with Crippen molar-refractivity contribution < 1.29 is 9.18 Å². The van der Waals surface area contributed by atoms with Crippen molar-refractivity contribution in [1.29, 1.82) is 0 Å². The second-order valence-electron chi connectivity index (χ2n) is 6.92. The van der Waals surface area contributed by atoms with Crippen molar-refractivity contribution in [2.75, 3.05) is 0 Å². The van der Waals surface area contributed by atoms with Gasteiger partial charge in [0.05, 0.1) is 11.1 Å². The molecule has 1 aromatic carbocycles. The number of aryl methyl sites for hydroxylation is 1. The number of pyridine rings is 1. The highest BCUT2D eigenvalue weighted by Crippen LogP contribution is 2.27. The van der Waals surface area contributed by atoms with E-state index in [-0.39, 0.29) is 17.8 Å². The van der Waals surface area contributed by atoms with E-state index in [9.17, 15) is 9.18 Å². The van der Waals surface area contributed by atoms with Crippen LogP contribution >= 0.6 is 0 Å². The molecule has 1 heterocycles. The van der Waals surface area contributed by atoms with E-state index in [4.69, 9.17) is 0 Å². The molecule has 1 aromatic heterocycles. The number of aromatic nitrogens is 1. The van der Waals surface area contributed by atoms with Crippen molar-refractivity contribution in [3.8, 4) is 0 Å². The lowest BCUT2D eigenvalue weighted by molar-refractivity contribution is 0.0911. The Morgan fingerprint density at radius 1 is 1.33 bits per heavy atom. The molecule has 24 heavy (non-hydrogen) atoms. The zero-order valence-electron chi connectivity index (χ0n) is 14.7. The third-order valence-corrected chi connectivity index (χ3v) is 5.28. The fraction of sp³-hybridized carbons (Fsp3) is 0.500. The van der Waals surface area contributed by atoms with E-state index in [1.807, 2.05) is 13.8 Å². The van der Waals surface area contributed by atoms with Crippen molar-refractivity contribution in [2.45, 2.75) is 58.9 Å². The van der Waals surface area contributed by atoms with Gasteiger partial charge < -0.3 is 5.32 Å². The zero-order chi connectivity index (χ0) is 17.3. The van der Waals surface area contributed by atoms with Crippen LogP contribution in [0.15, 0.2) is 18.2 Å². The van der Waals surface area contributed by atoms with Gasteiger partial charge in [-0.3, -0.25) is 9.78 Å². The van der Waals surface area contributed by atoms with Gasteiger partial charge in [0.1, 0.15) is 5.82 Å². The predicted octanol–water partition coefficient (Wildman–Crippen LogP) is 4.55. The number of rotatable bonds is 3. The van der Waals surface area contributed by atoms with Crippen LogP contribution in [0.5, 0.6) is 0 Å². The fourth-order valence-corrected chi connectivity index (χ4v) is 3.79. The van der Waals surface area contributed by atoms with E-state index in [1.54, 1.807) is 6.07 Å². The van der Waals surface area contributed by atoms with Gasteiger partial charge in [-0.1, -0.05) is 26.7 Å². The summed E-state index contributed by atoms with van der Waals surface area (Å²) in [5, 5.41) is 3.80. The van der Waals surface area contributed by atoms with Crippen LogP contribution in [0.4, 0.5) is 4.39 Å². The second kappa shape index (κ2) is 6.88. The molecule has 3 nitrogen and oxygen atoms in total. The van der Waals surface area contributed by atoms with Crippen LogP contribution in [0.1, 0.15) is 61.1 Å². The lowest BCUT2D eigenvalue weighted by Gasteiger charge is -2.30. The molecule has 128 valence electrons. The van der Waals surface area contributed by atoms with E-state index in [0.717, 1.165) is 36.9 Å². The molecule has 1 N–H and O–H groups in total. The number of benzene rings is 1. The third kappa shape index (κ3) is 3.14. The van der Waals surface area contributed by atoms with Crippen molar-refractivity contribution in [3.05, 3.63) is 40.8 Å². The standard InChI is InChI=1S/C20H25FN2O/c1-4-16-13(3)19(15-11-14(21)9-10-18(15)22-16)20(24)23-17-8-6-5-7-12(17)2/h9-12,17H,4-8H2,1-3H3,(H,23,24)/t12-,17-/m1/s1. The molecule has 0 spiro atoms. The first-order valence-electron chi connectivity index (χ1n) is 8.90. The molecule has 2 atom stereocenters. The molecule has 1 aliphatic carbocycles. The van der Waals surface area contributed by atoms with Crippen LogP contribution < -0.4 is 5.32 Å². The molecule has 0 saturated heterocycles. The number of fused-ring (bicyclic) bond motifs is 1. The molecule has 0 unspecified atom stereocenters. The first-order chi connectivity index (χ1) is 11.5. The smallest absolute Gasteiger partial charge is 0.252 e. The molecule has 1 aliphatic rings. The van der Waals surface area contributed by atoms with Crippen molar-refractivity contribution in [3.63, 3.8) is 0 Å². The molecule has 1 fully saturated rings. The van der Waals surface area contributed by atoms with Crippen LogP contribution in [-0.2, 0) is 6.42 Å². The molecule has 1 saturated carbocycles. The maximum Gasteiger partial charge on any atom is 0.252 e. The van der Waals surface area contributed by atoms with Crippen molar-refractivity contribution in [1.82, 2.24) is 10.3 Å². The van der Waals surface area contributed by atoms with Crippen LogP contribution in [0.3, 0.4) is 0 Å². The van der Waals surface area contributed by atoms with E-state index < -0.39 is 0 Å². The molecule has 4 heteroatoms. The summed E-state index contributed by atoms with van der Waals surface area (Å²) in [6.45, 7) is 6.13. The maximum atomic E-state index is 13.8. The van der Waals surface area contributed by atoms with Gasteiger partial charge in [-0.15, -0.1) is 0 Å². The number of carbonyl (C=O) groups is 1. The third-order valence-electron chi connectivity index (χ3n) is 5.28. The number of carbonyl (C=O) groups excluding carboxylic acids is 1. The Morgan fingerprint density at radius 2 is 2.08 bits per heavy atom. The molecule has 0 aliphatic heterocycles. The molecule has 2 aromatic rings. The summed E-state index contributed by atoms with van der Waals surface area (Å²) in [5.74, 6) is 0.0467. The first-order valence-corrected chi connectivity index (χ1v) is 8.90. The molecule has 1 amide bonds. The number of nitrogens with zero attached hydrogens (tertiary/aromatic N) is 1. The maximum absolute atomic E-state index is 13.8. The van der Waals surface area contributed by atoms with E-state index in [1.165, 1.54) is 18.6 Å². The van der Waals surface area contributed by atoms with E-state index in [2.05, 4.69) is 17.2 Å². The molecule has 3 rings (SSSR count). The fourth-order valence-electron chi connectivity index (χ4n) is 3.79. The Morgan fingerprint density at radius 3 is 2.79 bits per heavy atom. The Balaban J connectivity index is 2.04. The van der Waals surface area contributed by atoms with Gasteiger partial charge in [0.25, 0.3) is 5.91 Å². The molecular weight excluding hydrogens is 303 g/mol. The van der Waals surface area contributed by atoms with Gasteiger partial charge >= 0.3 is 0 Å². The Kier molecular flexibility index (Phi) is 4.83. The minimum atomic E-state index is -0.340. The lowest BCUT2D eigenvalue weighted by Crippen LogP contribution is -2.41. The average molecular weight is 328 g/mol. The van der Waals surface area contributed by atoms with Crippen molar-refractivity contribution in [2.24, 2.45) is 5.92 Å². The topological polar surface area (TPSA) is 42.0 Å². The first kappa shape index (κ1) is 16.9. The predicted molar refractivity (Wildman–Crippen MR) is 94.7 cm³/mol. The van der Waals surface area contributed by atoms with Gasteiger partial charge in [-0.2, -0.15) is 0 Å². The Hall–Kier alpha value is -1.97. The Bertz CT molecular complexity index is 772. The summed E-state index contributed by atoms with van der Waals surface area (Å²) in [4.78, 5) is 17.6. The van der Waals surface area contributed by atoms with Gasteiger partial charge in [-0.05, 0) is 55.9 Å². The monoisotopic (exact) mass is 328 g/mol. The lowest BCUT2D eigenvalue weighted by atomic mass is 9.85. The quantitative estimate of drug-likeness (QED) is 0.898. The molecule has 0 radical (unpaired) electrons. The number of hydrogen-bond acceptors (Lipinski definition) is 2. The van der Waals surface area contributed by atoms with E-state index in [0.29, 0.717) is 22.4 Å². The van der Waals surface area contributed by atoms with Crippen LogP contribution in [0.25, 0.3) is 10.9 Å². The van der Waals surface area contributed by atoms with Crippen LogP contribution in [0, 0.1) is 18.7 Å². The highest BCUT2D eigenvalue weighted by Gasteiger charge is 2.25. The van der Waals surface area contributed by atoms with Crippen LogP contribution in [0.2, 0.25) is 0 Å². The number of amides is 1. The van der Waals surface area contributed by atoms with Gasteiger partial charge in [0.15, 0.2) is 0 Å². The number of halogens is 1. The summed E-state index contributed by atoms with van der Waals surface area (Å²) in [5.41, 5.74) is 3.02. The highest BCUT2D eigenvalue weighted by molar-refractivity contribution is 6.07. The minimum Gasteiger partial charge on any atom is -0.349 e. The highest BCUT2D eigenvalue weighted by atomic mass is 19.1. The number of nitrogens with one attached hydrogen (secondary N) is 1. The summed E-state index contributed by atoms with van der Waals surface area (Å²) >= 11 is 0. The van der Waals surface area contributed by atoms with Gasteiger partial charge in [-0.25, -0.2) is 4.39 Å². The van der Waals surface area contributed by atoms with Crippen molar-refractivity contribution >= 4 is 16.8 Å². The summed E-state index contributed by atoms with van der Waals surface area (Å²) < 4.78 is 13.8. The Labute approximate surface area is 142 Å². The summed E-state index contributed by atoms with van der Waals surface area (Å²) in [7, 11) is 0. The zero-order valence-corrected chi connectivity index (χ0v) is 14.7. The van der Waals surface area contributed by atoms with Gasteiger partial charge in [0, 0.05) is 17.1 Å². The normalized spacial score (nSPS) is 21.0.